The fourth-order valence-corrected chi connectivity index (χ4v) is 6.14. The second-order valence-corrected chi connectivity index (χ2v) is 9.73. The van der Waals surface area contributed by atoms with E-state index in [1.807, 2.05) is 30.3 Å². The van der Waals surface area contributed by atoms with E-state index in [1.165, 1.54) is 4.31 Å². The average molecular weight is 499 g/mol. The van der Waals surface area contributed by atoms with Crippen LogP contribution in [0.4, 0.5) is 0 Å². The van der Waals surface area contributed by atoms with Gasteiger partial charge in [-0.3, -0.25) is 0 Å². The summed E-state index contributed by atoms with van der Waals surface area (Å²) in [5.41, 5.74) is 0.914. The first-order valence-electron chi connectivity index (χ1n) is 8.07. The average Bonchev–Trinajstić information content (AvgIpc) is 3.11. The van der Waals surface area contributed by atoms with Crippen LogP contribution >= 0.6 is 31.9 Å². The first-order chi connectivity index (χ1) is 12.4. The number of hydrogen-bond donors (Lipinski definition) is 0. The molecule has 8 heteroatoms. The van der Waals surface area contributed by atoms with Gasteiger partial charge >= 0.3 is 0 Å². The highest BCUT2D eigenvalue weighted by Gasteiger charge is 2.36. The monoisotopic (exact) mass is 497 g/mol. The number of nitrogens with zero attached hydrogens (tertiary/aromatic N) is 3. The van der Waals surface area contributed by atoms with Gasteiger partial charge in [-0.2, -0.15) is 9.57 Å². The van der Waals surface area contributed by atoms with Gasteiger partial charge in [-0.25, -0.2) is 8.42 Å². The maximum atomic E-state index is 13.5. The van der Waals surface area contributed by atoms with Crippen molar-refractivity contribution in [2.45, 2.75) is 23.9 Å². The van der Waals surface area contributed by atoms with Gasteiger partial charge in [-0.1, -0.05) is 46.3 Å². The van der Waals surface area contributed by atoms with Crippen LogP contribution in [0.2, 0.25) is 0 Å². The van der Waals surface area contributed by atoms with Crippen LogP contribution in [0.15, 0.2) is 62.4 Å². The fourth-order valence-electron chi connectivity index (χ4n) is 3.04. The molecule has 0 saturated carbocycles. The third kappa shape index (κ3) is 4.12. The number of benzene rings is 2. The van der Waals surface area contributed by atoms with E-state index < -0.39 is 10.0 Å². The largest absolute Gasteiger partial charge is 0.309 e. The van der Waals surface area contributed by atoms with Crippen LogP contribution in [0.5, 0.6) is 0 Å². The van der Waals surface area contributed by atoms with Crippen LogP contribution in [0, 0.1) is 11.5 Å². The van der Waals surface area contributed by atoms with Crippen LogP contribution in [-0.4, -0.2) is 36.8 Å². The van der Waals surface area contributed by atoms with Crippen LogP contribution in [0.3, 0.4) is 0 Å². The lowest BCUT2D eigenvalue weighted by Gasteiger charge is -2.28. The van der Waals surface area contributed by atoms with Crippen molar-refractivity contribution in [3.8, 4) is 6.19 Å². The van der Waals surface area contributed by atoms with E-state index >= 15 is 0 Å². The lowest BCUT2D eigenvalue weighted by molar-refractivity contribution is 0.314. The number of likely N-dealkylation sites (tertiary alicyclic amines) is 1. The first-order valence-corrected chi connectivity index (χ1v) is 11.1. The molecule has 2 aromatic rings. The van der Waals surface area contributed by atoms with E-state index in [1.54, 1.807) is 23.1 Å². The molecule has 1 aliphatic heterocycles. The van der Waals surface area contributed by atoms with Crippen LogP contribution in [-0.2, 0) is 16.6 Å². The van der Waals surface area contributed by atoms with Crippen molar-refractivity contribution in [1.29, 1.82) is 5.26 Å². The smallest absolute Gasteiger partial charge is 0.244 e. The zero-order valence-electron chi connectivity index (χ0n) is 13.8. The summed E-state index contributed by atoms with van der Waals surface area (Å²) >= 11 is 6.72. The Balaban J connectivity index is 2.02. The van der Waals surface area contributed by atoms with Gasteiger partial charge in [0.2, 0.25) is 10.0 Å². The van der Waals surface area contributed by atoms with Gasteiger partial charge in [0.15, 0.2) is 6.19 Å². The topological polar surface area (TPSA) is 64.4 Å². The van der Waals surface area contributed by atoms with Gasteiger partial charge in [0, 0.05) is 34.6 Å². The third-order valence-corrected chi connectivity index (χ3v) is 7.76. The molecule has 1 saturated heterocycles. The molecule has 0 aliphatic carbocycles. The molecule has 0 radical (unpaired) electrons. The van der Waals surface area contributed by atoms with E-state index in [-0.39, 0.29) is 17.5 Å². The number of rotatable bonds is 5. The molecule has 136 valence electrons. The van der Waals surface area contributed by atoms with E-state index in [4.69, 9.17) is 5.26 Å². The molecule has 2 aromatic carbocycles. The Hall–Kier alpha value is -1.40. The summed E-state index contributed by atoms with van der Waals surface area (Å²) in [7, 11) is -3.75. The Morgan fingerprint density at radius 3 is 2.58 bits per heavy atom. The Kier molecular flexibility index (Phi) is 6.03. The van der Waals surface area contributed by atoms with Crippen molar-refractivity contribution in [3.05, 3.63) is 63.0 Å². The highest BCUT2D eigenvalue weighted by Crippen LogP contribution is 2.32. The van der Waals surface area contributed by atoms with E-state index in [2.05, 4.69) is 38.1 Å². The molecule has 1 aliphatic rings. The zero-order chi connectivity index (χ0) is 18.7. The van der Waals surface area contributed by atoms with Gasteiger partial charge in [-0.15, -0.1) is 0 Å². The highest BCUT2D eigenvalue weighted by atomic mass is 79.9. The van der Waals surface area contributed by atoms with Crippen molar-refractivity contribution in [2.75, 3.05) is 13.1 Å². The Morgan fingerprint density at radius 1 is 1.19 bits per heavy atom. The fraction of sp³-hybridized carbons (Fsp3) is 0.278. The summed E-state index contributed by atoms with van der Waals surface area (Å²) in [4.78, 5) is 1.83. The molecule has 0 amide bonds. The van der Waals surface area contributed by atoms with E-state index in [9.17, 15) is 8.42 Å². The molecular weight excluding hydrogens is 482 g/mol. The third-order valence-electron chi connectivity index (χ3n) is 4.37. The Morgan fingerprint density at radius 2 is 1.92 bits per heavy atom. The summed E-state index contributed by atoms with van der Waals surface area (Å²) < 4.78 is 29.7. The SMILES string of the molecule is N#CN1CC[C@@H](N(Cc2ccccc2)S(=O)(=O)c2cc(Br)ccc2Br)C1. The maximum absolute atomic E-state index is 13.5. The molecular formula is C18H17Br2N3O2S. The number of nitriles is 1. The molecule has 5 nitrogen and oxygen atoms in total. The van der Waals surface area contributed by atoms with Crippen molar-refractivity contribution < 1.29 is 8.42 Å². The van der Waals surface area contributed by atoms with Crippen LogP contribution in [0.25, 0.3) is 0 Å². The van der Waals surface area contributed by atoms with Crippen molar-refractivity contribution >= 4 is 41.9 Å². The normalized spacial score (nSPS) is 17.5. The molecule has 0 bridgehead atoms. The quantitative estimate of drug-likeness (QED) is 0.585. The molecule has 0 aromatic heterocycles. The van der Waals surface area contributed by atoms with Gasteiger partial charge in [0.1, 0.15) is 0 Å². The van der Waals surface area contributed by atoms with E-state index in [0.717, 1.165) is 5.56 Å². The van der Waals surface area contributed by atoms with Gasteiger partial charge in [-0.05, 0) is 46.1 Å². The first kappa shape index (κ1) is 19.4. The molecule has 0 unspecified atom stereocenters. The minimum Gasteiger partial charge on any atom is -0.309 e. The maximum Gasteiger partial charge on any atom is 0.244 e. The Bertz CT molecular complexity index is 929. The molecule has 1 atom stereocenters. The lowest BCUT2D eigenvalue weighted by Crippen LogP contribution is -2.41. The molecule has 26 heavy (non-hydrogen) atoms. The Labute approximate surface area is 170 Å². The summed E-state index contributed by atoms with van der Waals surface area (Å²) in [5.74, 6) is 0. The minimum atomic E-state index is -3.75. The van der Waals surface area contributed by atoms with Gasteiger partial charge in [0.25, 0.3) is 0 Å². The summed E-state index contributed by atoms with van der Waals surface area (Å²) in [6.45, 7) is 1.25. The van der Waals surface area contributed by atoms with Crippen LogP contribution < -0.4 is 0 Å². The molecule has 0 N–H and O–H groups in total. The number of halogens is 2. The van der Waals surface area contributed by atoms with Crippen molar-refractivity contribution in [1.82, 2.24) is 9.21 Å². The van der Waals surface area contributed by atoms with E-state index in [0.29, 0.717) is 28.5 Å². The van der Waals surface area contributed by atoms with Crippen molar-refractivity contribution in [2.24, 2.45) is 0 Å². The van der Waals surface area contributed by atoms with Gasteiger partial charge in [0.05, 0.1) is 4.90 Å². The second-order valence-electron chi connectivity index (χ2n) is 6.10. The lowest BCUT2D eigenvalue weighted by atomic mass is 10.2. The standard InChI is InChI=1S/C18H17Br2N3O2S/c19-15-6-7-17(20)18(10-15)26(24,25)23(11-14-4-2-1-3-5-14)16-8-9-22(12-16)13-21/h1-7,10,16H,8-9,11-12H2/t16-/m1/s1. The summed E-state index contributed by atoms with van der Waals surface area (Å²) in [5, 5.41) is 9.15. The molecule has 1 heterocycles. The minimum absolute atomic E-state index is 0.221. The van der Waals surface area contributed by atoms with Gasteiger partial charge < -0.3 is 4.90 Å². The highest BCUT2D eigenvalue weighted by molar-refractivity contribution is 9.11. The summed E-state index contributed by atoms with van der Waals surface area (Å²) in [6.07, 6.45) is 2.75. The van der Waals surface area contributed by atoms with Crippen LogP contribution in [0.1, 0.15) is 12.0 Å². The molecule has 1 fully saturated rings. The number of sulfonamides is 1. The molecule has 3 rings (SSSR count). The summed E-state index contributed by atoms with van der Waals surface area (Å²) in [6, 6.07) is 14.4. The zero-order valence-corrected chi connectivity index (χ0v) is 17.8. The predicted molar refractivity (Wildman–Crippen MR) is 107 cm³/mol. The molecule has 0 spiro atoms. The predicted octanol–water partition coefficient (Wildman–Crippen LogP) is 3.96. The second kappa shape index (κ2) is 8.09. The van der Waals surface area contributed by atoms with Crippen molar-refractivity contribution in [3.63, 3.8) is 0 Å². The number of hydrogen-bond acceptors (Lipinski definition) is 4.